The lowest BCUT2D eigenvalue weighted by Crippen LogP contribution is -2.13. The summed E-state index contributed by atoms with van der Waals surface area (Å²) in [4.78, 5) is 19.7. The van der Waals surface area contributed by atoms with Crippen LogP contribution in [0.25, 0.3) is 11.0 Å². The minimum absolute atomic E-state index is 0.0446. The lowest BCUT2D eigenvalue weighted by atomic mass is 10.1. The van der Waals surface area contributed by atoms with Crippen LogP contribution in [0.1, 0.15) is 45.0 Å². The molecule has 5 heteroatoms. The smallest absolute Gasteiger partial charge is 0.224 e. The number of amides is 1. The summed E-state index contributed by atoms with van der Waals surface area (Å²) in [5.74, 6) is 1.28. The zero-order valence-corrected chi connectivity index (χ0v) is 12.5. The third-order valence-corrected chi connectivity index (χ3v) is 3.61. The molecule has 5 nitrogen and oxygen atoms in total. The summed E-state index contributed by atoms with van der Waals surface area (Å²) in [6.07, 6.45) is 2.70. The molecule has 2 N–H and O–H groups in total. The number of aromatic nitrogens is 2. The summed E-state index contributed by atoms with van der Waals surface area (Å²) in [6, 6.07) is 5.75. The number of nitrogens with zero attached hydrogens (tertiary/aromatic N) is 1. The molecule has 3 rings (SSSR count). The topological polar surface area (TPSA) is 67.0 Å². The molecular weight excluding hydrogens is 266 g/mol. The number of carbonyl (C=O) groups excluding carboxylic acids is 1. The molecule has 0 spiro atoms. The van der Waals surface area contributed by atoms with Gasteiger partial charge in [-0.3, -0.25) is 4.79 Å². The summed E-state index contributed by atoms with van der Waals surface area (Å²) >= 11 is 0. The Bertz CT molecular complexity index is 642. The Labute approximate surface area is 124 Å². The second kappa shape index (κ2) is 5.85. The summed E-state index contributed by atoms with van der Waals surface area (Å²) < 4.78 is 5.64. The average molecular weight is 287 g/mol. The van der Waals surface area contributed by atoms with Crippen LogP contribution >= 0.6 is 0 Å². The predicted molar refractivity (Wildman–Crippen MR) is 82.1 cm³/mol. The standard InChI is InChI=1S/C16H21N3O2/c1-10(2)8-15(20)17-11-5-6-12-13(9-11)19-16(18-12)14-4-3-7-21-14/h5-6,9-10,14H,3-4,7-8H2,1-2H3,(H,17,20)(H,18,19)/t14-/m1/s1. The first-order valence-corrected chi connectivity index (χ1v) is 7.53. The first-order valence-electron chi connectivity index (χ1n) is 7.53. The van der Waals surface area contributed by atoms with Crippen molar-refractivity contribution in [2.75, 3.05) is 11.9 Å². The third kappa shape index (κ3) is 3.24. The zero-order valence-electron chi connectivity index (χ0n) is 12.5. The monoisotopic (exact) mass is 287 g/mol. The van der Waals surface area contributed by atoms with Crippen LogP contribution in [0, 0.1) is 5.92 Å². The Morgan fingerprint density at radius 2 is 2.38 bits per heavy atom. The van der Waals surface area contributed by atoms with Gasteiger partial charge in [0.1, 0.15) is 11.9 Å². The van der Waals surface area contributed by atoms with Crippen molar-refractivity contribution in [1.82, 2.24) is 9.97 Å². The van der Waals surface area contributed by atoms with E-state index in [4.69, 9.17) is 4.74 Å². The largest absolute Gasteiger partial charge is 0.370 e. The maximum Gasteiger partial charge on any atom is 0.224 e. The van der Waals surface area contributed by atoms with Crippen LogP contribution in [0.3, 0.4) is 0 Å². The van der Waals surface area contributed by atoms with Gasteiger partial charge in [-0.2, -0.15) is 0 Å². The van der Waals surface area contributed by atoms with Crippen molar-refractivity contribution in [2.24, 2.45) is 5.92 Å². The minimum atomic E-state index is 0.0446. The van der Waals surface area contributed by atoms with Gasteiger partial charge < -0.3 is 15.0 Å². The molecule has 0 radical (unpaired) electrons. The van der Waals surface area contributed by atoms with Gasteiger partial charge in [-0.05, 0) is 37.0 Å². The van der Waals surface area contributed by atoms with Crippen molar-refractivity contribution < 1.29 is 9.53 Å². The molecule has 21 heavy (non-hydrogen) atoms. The Kier molecular flexibility index (Phi) is 3.92. The van der Waals surface area contributed by atoms with Gasteiger partial charge in [0.15, 0.2) is 0 Å². The van der Waals surface area contributed by atoms with Gasteiger partial charge in [-0.15, -0.1) is 0 Å². The number of aromatic amines is 1. The fourth-order valence-corrected chi connectivity index (χ4v) is 2.64. The van der Waals surface area contributed by atoms with Crippen LogP contribution in [-0.2, 0) is 9.53 Å². The number of ether oxygens (including phenoxy) is 1. The number of nitrogens with one attached hydrogen (secondary N) is 2. The molecule has 2 heterocycles. The lowest BCUT2D eigenvalue weighted by molar-refractivity contribution is -0.116. The summed E-state index contributed by atoms with van der Waals surface area (Å²) in [5.41, 5.74) is 2.64. The van der Waals surface area contributed by atoms with E-state index in [9.17, 15) is 4.79 Å². The molecule has 1 atom stereocenters. The molecule has 0 bridgehead atoms. The Hall–Kier alpha value is -1.88. The average Bonchev–Trinajstić information content (AvgIpc) is 3.05. The van der Waals surface area contributed by atoms with Crippen LogP contribution in [0.5, 0.6) is 0 Å². The van der Waals surface area contributed by atoms with Crippen LogP contribution < -0.4 is 5.32 Å². The van der Waals surface area contributed by atoms with Crippen molar-refractivity contribution >= 4 is 22.6 Å². The maximum absolute atomic E-state index is 11.8. The summed E-state index contributed by atoms with van der Waals surface area (Å²) in [7, 11) is 0. The Morgan fingerprint density at radius 1 is 1.52 bits per heavy atom. The first-order chi connectivity index (χ1) is 10.1. The quantitative estimate of drug-likeness (QED) is 0.905. The van der Waals surface area contributed by atoms with E-state index in [0.29, 0.717) is 12.3 Å². The van der Waals surface area contributed by atoms with E-state index < -0.39 is 0 Å². The molecular formula is C16H21N3O2. The second-order valence-corrected chi connectivity index (χ2v) is 6.00. The van der Waals surface area contributed by atoms with Gasteiger partial charge in [0, 0.05) is 18.7 Å². The lowest BCUT2D eigenvalue weighted by Gasteiger charge is -2.06. The maximum atomic E-state index is 11.8. The molecule has 1 aliphatic rings. The number of benzene rings is 1. The molecule has 1 saturated heterocycles. The van der Waals surface area contributed by atoms with Gasteiger partial charge in [-0.25, -0.2) is 4.98 Å². The van der Waals surface area contributed by atoms with Crippen molar-refractivity contribution in [3.63, 3.8) is 0 Å². The van der Waals surface area contributed by atoms with Crippen molar-refractivity contribution in [2.45, 2.75) is 39.2 Å². The Morgan fingerprint density at radius 3 is 3.10 bits per heavy atom. The van der Waals surface area contributed by atoms with Gasteiger partial charge >= 0.3 is 0 Å². The SMILES string of the molecule is CC(C)CC(=O)Nc1ccc2nc([C@H]3CCCO3)[nH]c2c1. The van der Waals surface area contributed by atoms with E-state index in [1.54, 1.807) is 0 Å². The molecule has 1 aromatic carbocycles. The van der Waals surface area contributed by atoms with Crippen molar-refractivity contribution in [3.8, 4) is 0 Å². The number of anilines is 1. The van der Waals surface area contributed by atoms with E-state index >= 15 is 0 Å². The summed E-state index contributed by atoms with van der Waals surface area (Å²) in [6.45, 7) is 4.87. The molecule has 1 amide bonds. The van der Waals surface area contributed by atoms with Crippen LogP contribution in [0.4, 0.5) is 5.69 Å². The number of H-pyrrole nitrogens is 1. The normalized spacial score (nSPS) is 18.5. The van der Waals surface area contributed by atoms with E-state index in [1.165, 1.54) is 0 Å². The van der Waals surface area contributed by atoms with E-state index in [0.717, 1.165) is 42.0 Å². The third-order valence-electron chi connectivity index (χ3n) is 3.61. The molecule has 0 unspecified atom stereocenters. The zero-order chi connectivity index (χ0) is 14.8. The van der Waals surface area contributed by atoms with E-state index in [2.05, 4.69) is 15.3 Å². The van der Waals surface area contributed by atoms with Crippen LogP contribution in [0.15, 0.2) is 18.2 Å². The highest BCUT2D eigenvalue weighted by atomic mass is 16.5. The number of hydrogen-bond donors (Lipinski definition) is 2. The van der Waals surface area contributed by atoms with E-state index in [1.807, 2.05) is 32.0 Å². The number of fused-ring (bicyclic) bond motifs is 1. The fraction of sp³-hybridized carbons (Fsp3) is 0.500. The van der Waals surface area contributed by atoms with E-state index in [-0.39, 0.29) is 12.0 Å². The molecule has 2 aromatic rings. The van der Waals surface area contributed by atoms with Gasteiger partial charge in [-0.1, -0.05) is 13.8 Å². The Balaban J connectivity index is 1.78. The molecule has 1 aromatic heterocycles. The van der Waals surface area contributed by atoms with Crippen LogP contribution in [-0.4, -0.2) is 22.5 Å². The highest BCUT2D eigenvalue weighted by Gasteiger charge is 2.21. The van der Waals surface area contributed by atoms with Crippen LogP contribution in [0.2, 0.25) is 0 Å². The van der Waals surface area contributed by atoms with Crippen molar-refractivity contribution in [3.05, 3.63) is 24.0 Å². The number of hydrogen-bond acceptors (Lipinski definition) is 3. The minimum Gasteiger partial charge on any atom is -0.370 e. The van der Waals surface area contributed by atoms with Gasteiger partial charge in [0.2, 0.25) is 5.91 Å². The molecule has 0 saturated carbocycles. The predicted octanol–water partition coefficient (Wildman–Crippen LogP) is 3.40. The first kappa shape index (κ1) is 14.1. The van der Waals surface area contributed by atoms with Gasteiger partial charge in [0.25, 0.3) is 0 Å². The molecule has 1 fully saturated rings. The number of carbonyl (C=O) groups is 1. The molecule has 0 aliphatic carbocycles. The molecule has 1 aliphatic heterocycles. The van der Waals surface area contributed by atoms with Crippen molar-refractivity contribution in [1.29, 1.82) is 0 Å². The molecule has 112 valence electrons. The number of imidazole rings is 1. The highest BCUT2D eigenvalue weighted by molar-refractivity contribution is 5.93. The summed E-state index contributed by atoms with van der Waals surface area (Å²) in [5, 5.41) is 2.93. The fourth-order valence-electron chi connectivity index (χ4n) is 2.64. The second-order valence-electron chi connectivity index (χ2n) is 6.00. The number of rotatable bonds is 4. The highest BCUT2D eigenvalue weighted by Crippen LogP contribution is 2.28. The van der Waals surface area contributed by atoms with Gasteiger partial charge in [0.05, 0.1) is 11.0 Å².